The topological polar surface area (TPSA) is 66.8 Å². The van der Waals surface area contributed by atoms with Crippen molar-refractivity contribution in [3.8, 4) is 5.75 Å². The third-order valence-electron chi connectivity index (χ3n) is 5.85. The highest BCUT2D eigenvalue weighted by Crippen LogP contribution is 2.23. The lowest BCUT2D eigenvalue weighted by molar-refractivity contribution is -0.692. The first-order chi connectivity index (χ1) is 15.0. The first-order valence-corrected chi connectivity index (χ1v) is 12.2. The fraction of sp³-hybridized carbons (Fsp3) is 0.720. The van der Waals surface area contributed by atoms with Crippen molar-refractivity contribution in [1.82, 2.24) is 4.57 Å². The van der Waals surface area contributed by atoms with Gasteiger partial charge >= 0.3 is 0 Å². The van der Waals surface area contributed by atoms with Crippen molar-refractivity contribution in [1.29, 1.82) is 0 Å². The van der Waals surface area contributed by atoms with E-state index in [9.17, 15) is 0 Å². The van der Waals surface area contributed by atoms with Crippen LogP contribution in [0.5, 0.6) is 5.75 Å². The summed E-state index contributed by atoms with van der Waals surface area (Å²) in [6.45, 7) is 10.3. The van der Waals surface area contributed by atoms with E-state index in [-0.39, 0.29) is 0 Å². The highest BCUT2D eigenvalue weighted by atomic mass is 16.5. The van der Waals surface area contributed by atoms with Crippen LogP contribution >= 0.6 is 0 Å². The number of unbranched alkanes of at least 4 members (excludes halogenated alkanes) is 9. The van der Waals surface area contributed by atoms with E-state index in [0.717, 1.165) is 25.2 Å². The molecular weight excluding hydrogens is 386 g/mol. The lowest BCUT2D eigenvalue weighted by atomic mass is 10.1. The van der Waals surface area contributed by atoms with Crippen molar-refractivity contribution in [2.75, 3.05) is 13.2 Å². The maximum absolute atomic E-state index is 8.23. The van der Waals surface area contributed by atoms with Gasteiger partial charge in [-0.2, -0.15) is 0 Å². The van der Waals surface area contributed by atoms with E-state index in [1.807, 2.05) is 0 Å². The molecule has 0 aliphatic heterocycles. The van der Waals surface area contributed by atoms with Crippen molar-refractivity contribution < 1.29 is 9.30 Å². The molecule has 6 heteroatoms. The fourth-order valence-corrected chi connectivity index (χ4v) is 4.03. The molecule has 0 atom stereocenters. The molecule has 31 heavy (non-hydrogen) atoms. The molecule has 0 spiro atoms. The number of imidazole rings is 1. The van der Waals surface area contributed by atoms with Crippen LogP contribution in [-0.2, 0) is 0 Å². The zero-order valence-electron chi connectivity index (χ0n) is 20.1. The van der Waals surface area contributed by atoms with Crippen LogP contribution in [0.25, 0.3) is 21.5 Å². The molecule has 0 radical (unpaired) electrons. The van der Waals surface area contributed by atoms with Gasteiger partial charge in [-0.25, -0.2) is 9.13 Å². The quantitative estimate of drug-likeness (QED) is 0.0888. The summed E-state index contributed by atoms with van der Waals surface area (Å²) >= 11 is 0. The van der Waals surface area contributed by atoms with E-state index >= 15 is 0 Å². The van der Waals surface area contributed by atoms with Crippen molar-refractivity contribution in [3.63, 3.8) is 0 Å². The molecule has 1 aromatic heterocycles. The van der Waals surface area contributed by atoms with Gasteiger partial charge in [0.25, 0.3) is 0 Å². The summed E-state index contributed by atoms with van der Waals surface area (Å²) in [6, 6.07) is 7.37. The van der Waals surface area contributed by atoms with Gasteiger partial charge in [-0.3, -0.25) is 0 Å². The van der Waals surface area contributed by atoms with Crippen molar-refractivity contribution in [2.24, 2.45) is 5.11 Å². The van der Waals surface area contributed by atoms with Crippen LogP contribution in [0.1, 0.15) is 104 Å². The van der Waals surface area contributed by atoms with E-state index in [4.69, 9.17) is 10.3 Å². The largest absolute Gasteiger partial charge is 0.493 e. The summed E-state index contributed by atoms with van der Waals surface area (Å²) < 4.78 is 10.7. The third-order valence-corrected chi connectivity index (χ3v) is 5.85. The zero-order chi connectivity index (χ0) is 22.5. The number of nitrogens with zero attached hydrogens (tertiary/aromatic N) is 5. The molecule has 0 saturated carbocycles. The molecule has 0 bridgehead atoms. The third kappa shape index (κ3) is 8.45. The minimum atomic E-state index is 0.426. The van der Waals surface area contributed by atoms with Gasteiger partial charge in [-0.15, -0.1) is 0 Å². The second-order valence-electron chi connectivity index (χ2n) is 9.11. The molecule has 1 aromatic carbocycles. The van der Waals surface area contributed by atoms with Crippen molar-refractivity contribution in [2.45, 2.75) is 104 Å². The molecule has 172 valence electrons. The zero-order valence-corrected chi connectivity index (χ0v) is 20.1. The van der Waals surface area contributed by atoms with Crippen LogP contribution in [0.15, 0.2) is 29.6 Å². The van der Waals surface area contributed by atoms with Gasteiger partial charge in [0.2, 0.25) is 6.33 Å². The van der Waals surface area contributed by atoms with Crippen LogP contribution in [0, 0.1) is 0 Å². The number of azide groups is 1. The summed E-state index contributed by atoms with van der Waals surface area (Å²) in [5.41, 5.74) is 10.8. The Morgan fingerprint density at radius 1 is 0.935 bits per heavy atom. The van der Waals surface area contributed by atoms with Crippen LogP contribution < -0.4 is 9.30 Å². The summed E-state index contributed by atoms with van der Waals surface area (Å²) in [5.74, 6) is 0.976. The van der Waals surface area contributed by atoms with Gasteiger partial charge in [0.15, 0.2) is 11.0 Å². The Morgan fingerprint density at radius 3 is 2.13 bits per heavy atom. The highest BCUT2D eigenvalue weighted by Gasteiger charge is 2.20. The second kappa shape index (κ2) is 14.0. The van der Waals surface area contributed by atoms with Crippen LogP contribution in [0.4, 0.5) is 0 Å². The summed E-state index contributed by atoms with van der Waals surface area (Å²) in [6.07, 6.45) is 14.6. The lowest BCUT2D eigenvalue weighted by Gasteiger charge is -2.07. The minimum absolute atomic E-state index is 0.426. The molecule has 6 nitrogen and oxygen atoms in total. The number of ether oxygens (including phenoxy) is 1. The highest BCUT2D eigenvalue weighted by molar-refractivity contribution is 5.74. The van der Waals surface area contributed by atoms with Crippen molar-refractivity contribution >= 4 is 11.0 Å². The summed E-state index contributed by atoms with van der Waals surface area (Å²) in [5, 5.41) is 3.57. The summed E-state index contributed by atoms with van der Waals surface area (Å²) in [4.78, 5) is 2.78. The maximum atomic E-state index is 8.23. The number of rotatable bonds is 16. The maximum Gasteiger partial charge on any atom is 0.245 e. The van der Waals surface area contributed by atoms with Crippen molar-refractivity contribution in [3.05, 3.63) is 35.0 Å². The number of benzene rings is 1. The van der Waals surface area contributed by atoms with E-state index in [0.29, 0.717) is 18.6 Å². The smallest absolute Gasteiger partial charge is 0.245 e. The van der Waals surface area contributed by atoms with Gasteiger partial charge in [0.1, 0.15) is 5.75 Å². The van der Waals surface area contributed by atoms with E-state index in [2.05, 4.69) is 71.4 Å². The average Bonchev–Trinajstić information content (AvgIpc) is 3.13. The normalized spacial score (nSPS) is 11.4. The predicted octanol–water partition coefficient (Wildman–Crippen LogP) is 7.68. The van der Waals surface area contributed by atoms with Crippen LogP contribution in [-0.4, -0.2) is 17.7 Å². The Bertz CT molecular complexity index is 821. The van der Waals surface area contributed by atoms with E-state index in [1.165, 1.54) is 62.4 Å². The standard InChI is InChI=1S/C25H42N5O/c1-21(2)29-20-30(22(3)4)25-19-23(15-16-24(25)29)31-18-14-12-10-8-6-5-7-9-11-13-17-27-28-26/h15-16,19-22H,5-14,17-18H2,1-4H3/q+1. The molecule has 0 aliphatic rings. The lowest BCUT2D eigenvalue weighted by Crippen LogP contribution is -2.34. The Labute approximate surface area is 188 Å². The molecule has 1 heterocycles. The van der Waals surface area contributed by atoms with Gasteiger partial charge in [0, 0.05) is 17.5 Å². The Balaban J connectivity index is 1.61. The molecule has 0 N–H and O–H groups in total. The van der Waals surface area contributed by atoms with E-state index < -0.39 is 0 Å². The van der Waals surface area contributed by atoms with Crippen LogP contribution in [0.3, 0.4) is 0 Å². The molecule has 0 aliphatic carbocycles. The van der Waals surface area contributed by atoms with Gasteiger partial charge in [0.05, 0.1) is 18.7 Å². The van der Waals surface area contributed by atoms with Gasteiger partial charge in [-0.05, 0) is 58.2 Å². The summed E-state index contributed by atoms with van der Waals surface area (Å²) in [7, 11) is 0. The molecular formula is C25H42N5O+. The molecule has 2 rings (SSSR count). The number of fused-ring (bicyclic) bond motifs is 1. The Kier molecular flexibility index (Phi) is 11.3. The fourth-order valence-electron chi connectivity index (χ4n) is 4.03. The molecule has 0 fully saturated rings. The van der Waals surface area contributed by atoms with E-state index in [1.54, 1.807) is 0 Å². The monoisotopic (exact) mass is 428 g/mol. The average molecular weight is 429 g/mol. The Hall–Kier alpha value is -2.20. The number of hydrogen-bond acceptors (Lipinski definition) is 2. The van der Waals surface area contributed by atoms with Gasteiger partial charge in [-0.1, -0.05) is 56.5 Å². The first-order valence-electron chi connectivity index (χ1n) is 12.2. The predicted molar refractivity (Wildman–Crippen MR) is 129 cm³/mol. The number of hydrogen-bond donors (Lipinski definition) is 0. The number of aromatic nitrogens is 2. The molecule has 0 saturated heterocycles. The SMILES string of the molecule is CC(C)n1c[n+](C(C)C)c2ccc(OCCCCCCCCCCCCN=[N+]=[N-])cc21. The Morgan fingerprint density at radius 2 is 1.55 bits per heavy atom. The molecule has 0 amide bonds. The molecule has 2 aromatic rings. The van der Waals surface area contributed by atoms with Gasteiger partial charge < -0.3 is 4.74 Å². The van der Waals surface area contributed by atoms with Crippen LogP contribution in [0.2, 0.25) is 0 Å². The first kappa shape index (κ1) is 25.1. The second-order valence-corrected chi connectivity index (χ2v) is 9.11. The minimum Gasteiger partial charge on any atom is -0.493 e. The molecule has 0 unspecified atom stereocenters.